The summed E-state index contributed by atoms with van der Waals surface area (Å²) in [6.45, 7) is 3.77. The fourth-order valence-corrected chi connectivity index (χ4v) is 2.65. The van der Waals surface area contributed by atoms with E-state index in [9.17, 15) is 13.2 Å². The number of alkyl halides is 3. The zero-order chi connectivity index (χ0) is 14.8. The van der Waals surface area contributed by atoms with Crippen molar-refractivity contribution in [1.29, 1.82) is 0 Å². The third kappa shape index (κ3) is 4.35. The lowest BCUT2D eigenvalue weighted by atomic mass is 10.1. The molecule has 0 unspecified atom stereocenters. The van der Waals surface area contributed by atoms with Gasteiger partial charge in [0.1, 0.15) is 11.4 Å². The Kier molecular flexibility index (Phi) is 4.19. The van der Waals surface area contributed by atoms with Crippen LogP contribution in [0.1, 0.15) is 19.4 Å². The van der Waals surface area contributed by atoms with E-state index in [4.69, 9.17) is 4.84 Å². The second-order valence-corrected chi connectivity index (χ2v) is 5.78. The minimum atomic E-state index is -4.68. The maximum absolute atomic E-state index is 12.3. The average molecular weight is 305 g/mol. The van der Waals surface area contributed by atoms with Crippen LogP contribution >= 0.6 is 11.8 Å². The highest BCUT2D eigenvalue weighted by atomic mass is 32.2. The van der Waals surface area contributed by atoms with Crippen LogP contribution in [0, 0.1) is 0 Å². The molecule has 2 rings (SSSR count). The molecule has 0 aromatic heterocycles. The Balaban J connectivity index is 2.03. The fraction of sp³-hybridized carbons (Fsp3) is 0.385. The highest BCUT2D eigenvalue weighted by Gasteiger charge is 2.32. The summed E-state index contributed by atoms with van der Waals surface area (Å²) in [7, 11) is 0. The molecule has 0 amide bonds. The molecular formula is C13H14F3NO2S. The van der Waals surface area contributed by atoms with Gasteiger partial charge in [0.05, 0.1) is 5.03 Å². The second kappa shape index (κ2) is 5.57. The summed E-state index contributed by atoms with van der Waals surface area (Å²) in [6, 6.07) is 6.10. The molecule has 1 aromatic carbocycles. The van der Waals surface area contributed by atoms with Crippen LogP contribution in [0.25, 0.3) is 0 Å². The van der Waals surface area contributed by atoms with Crippen LogP contribution in [0.15, 0.2) is 35.4 Å². The molecule has 0 radical (unpaired) electrons. The number of thioether (sulfide) groups is 1. The predicted octanol–water partition coefficient (Wildman–Crippen LogP) is 3.97. The Labute approximate surface area is 119 Å². The van der Waals surface area contributed by atoms with E-state index in [1.165, 1.54) is 23.9 Å². The van der Waals surface area contributed by atoms with Gasteiger partial charge in [-0.3, -0.25) is 10.3 Å². The van der Waals surface area contributed by atoms with Crippen LogP contribution in [0.3, 0.4) is 0 Å². The summed E-state index contributed by atoms with van der Waals surface area (Å²) in [5, 5.41) is 0.775. The molecule has 0 aliphatic carbocycles. The van der Waals surface area contributed by atoms with Crippen molar-refractivity contribution in [2.45, 2.75) is 31.6 Å². The van der Waals surface area contributed by atoms with Crippen LogP contribution in [0.2, 0.25) is 0 Å². The molecule has 1 aliphatic heterocycles. The number of hydrogen-bond acceptors (Lipinski definition) is 4. The number of hydroxylamine groups is 1. The van der Waals surface area contributed by atoms with Crippen molar-refractivity contribution in [2.75, 3.05) is 0 Å². The Morgan fingerprint density at radius 1 is 1.30 bits per heavy atom. The summed E-state index contributed by atoms with van der Waals surface area (Å²) in [5.74, 6) is 0.177. The van der Waals surface area contributed by atoms with Crippen LogP contribution < -0.4 is 10.2 Å². The van der Waals surface area contributed by atoms with Gasteiger partial charge in [-0.05, 0) is 26.0 Å². The lowest BCUT2D eigenvalue weighted by Gasteiger charge is -2.13. The van der Waals surface area contributed by atoms with Crippen molar-refractivity contribution in [1.82, 2.24) is 5.48 Å². The topological polar surface area (TPSA) is 30.5 Å². The molecule has 3 nitrogen and oxygen atoms in total. The normalized spacial score (nSPS) is 17.6. The monoisotopic (exact) mass is 305 g/mol. The number of benzene rings is 1. The smallest absolute Gasteiger partial charge is 0.405 e. The zero-order valence-electron chi connectivity index (χ0n) is 11.0. The number of halogens is 3. The standard InChI is InChI=1S/C13H14F3NO2S/c1-12(2)7-11(17-19-12)20-8-9-5-3-4-6-10(9)18-13(14,15)16/h3-7,17H,8H2,1-2H3. The van der Waals surface area contributed by atoms with Gasteiger partial charge >= 0.3 is 6.36 Å². The van der Waals surface area contributed by atoms with Gasteiger partial charge in [0.15, 0.2) is 0 Å². The molecule has 0 saturated carbocycles. The zero-order valence-corrected chi connectivity index (χ0v) is 11.8. The molecule has 1 heterocycles. The van der Waals surface area contributed by atoms with Crippen LogP contribution in [0.4, 0.5) is 13.2 Å². The first-order valence-corrected chi connectivity index (χ1v) is 6.87. The quantitative estimate of drug-likeness (QED) is 0.911. The van der Waals surface area contributed by atoms with Crippen molar-refractivity contribution in [3.05, 3.63) is 40.9 Å². The Morgan fingerprint density at radius 2 is 2.00 bits per heavy atom. The summed E-state index contributed by atoms with van der Waals surface area (Å²) in [4.78, 5) is 5.28. The van der Waals surface area contributed by atoms with Gasteiger partial charge in [0.2, 0.25) is 0 Å². The van der Waals surface area contributed by atoms with E-state index in [0.29, 0.717) is 11.3 Å². The number of ether oxygens (including phenoxy) is 1. The minimum Gasteiger partial charge on any atom is -0.405 e. The number of nitrogens with one attached hydrogen (secondary N) is 1. The van der Waals surface area contributed by atoms with Crippen molar-refractivity contribution in [2.24, 2.45) is 0 Å². The van der Waals surface area contributed by atoms with Crippen LogP contribution in [-0.2, 0) is 10.6 Å². The van der Waals surface area contributed by atoms with Gasteiger partial charge in [-0.1, -0.05) is 18.2 Å². The third-order valence-corrected chi connectivity index (χ3v) is 3.44. The average Bonchev–Trinajstić information content (AvgIpc) is 2.66. The first kappa shape index (κ1) is 15.1. The fourth-order valence-electron chi connectivity index (χ4n) is 1.63. The van der Waals surface area contributed by atoms with E-state index in [1.807, 2.05) is 19.9 Å². The van der Waals surface area contributed by atoms with Gasteiger partial charge in [-0.15, -0.1) is 24.9 Å². The summed E-state index contributed by atoms with van der Waals surface area (Å²) >= 11 is 1.36. The molecule has 0 bridgehead atoms. The largest absolute Gasteiger partial charge is 0.573 e. The predicted molar refractivity (Wildman–Crippen MR) is 70.8 cm³/mol. The van der Waals surface area contributed by atoms with E-state index in [-0.39, 0.29) is 5.75 Å². The first-order chi connectivity index (χ1) is 9.25. The maximum Gasteiger partial charge on any atom is 0.573 e. The van der Waals surface area contributed by atoms with Gasteiger partial charge in [-0.2, -0.15) is 0 Å². The third-order valence-electron chi connectivity index (χ3n) is 2.47. The van der Waals surface area contributed by atoms with Crippen molar-refractivity contribution >= 4 is 11.8 Å². The van der Waals surface area contributed by atoms with Crippen molar-refractivity contribution < 1.29 is 22.7 Å². The van der Waals surface area contributed by atoms with E-state index in [2.05, 4.69) is 10.2 Å². The van der Waals surface area contributed by atoms with Crippen molar-refractivity contribution in [3.63, 3.8) is 0 Å². The van der Waals surface area contributed by atoms with Gasteiger partial charge in [-0.25, -0.2) is 0 Å². The molecule has 0 saturated heterocycles. The Bertz CT molecular complexity index is 515. The molecule has 0 fully saturated rings. The summed E-state index contributed by atoms with van der Waals surface area (Å²) in [5.41, 5.74) is 2.81. The number of rotatable bonds is 4. The van der Waals surface area contributed by atoms with Gasteiger partial charge in [0.25, 0.3) is 0 Å². The lowest BCUT2D eigenvalue weighted by molar-refractivity contribution is -0.274. The molecular weight excluding hydrogens is 291 g/mol. The van der Waals surface area contributed by atoms with Crippen LogP contribution in [-0.4, -0.2) is 12.0 Å². The van der Waals surface area contributed by atoms with E-state index < -0.39 is 12.0 Å². The molecule has 0 spiro atoms. The molecule has 1 aliphatic rings. The molecule has 20 heavy (non-hydrogen) atoms. The van der Waals surface area contributed by atoms with Crippen LogP contribution in [0.5, 0.6) is 5.75 Å². The Morgan fingerprint density at radius 3 is 2.60 bits per heavy atom. The highest BCUT2D eigenvalue weighted by Crippen LogP contribution is 2.32. The van der Waals surface area contributed by atoms with Gasteiger partial charge < -0.3 is 4.74 Å². The Hall–Kier alpha value is -1.34. The van der Waals surface area contributed by atoms with Crippen molar-refractivity contribution in [3.8, 4) is 5.75 Å². The SMILES string of the molecule is CC1(C)C=C(SCc2ccccc2OC(F)(F)F)NO1. The molecule has 7 heteroatoms. The minimum absolute atomic E-state index is 0.175. The molecule has 1 N–H and O–H groups in total. The number of para-hydroxylation sites is 1. The van der Waals surface area contributed by atoms with E-state index in [1.54, 1.807) is 12.1 Å². The van der Waals surface area contributed by atoms with E-state index in [0.717, 1.165) is 5.03 Å². The molecule has 1 aromatic rings. The summed E-state index contributed by atoms with van der Waals surface area (Å²) < 4.78 is 40.9. The van der Waals surface area contributed by atoms with Gasteiger partial charge in [0, 0.05) is 11.3 Å². The highest BCUT2D eigenvalue weighted by molar-refractivity contribution is 8.02. The molecule has 0 atom stereocenters. The van der Waals surface area contributed by atoms with E-state index >= 15 is 0 Å². The first-order valence-electron chi connectivity index (χ1n) is 5.88. The number of hydrogen-bond donors (Lipinski definition) is 1. The second-order valence-electron chi connectivity index (χ2n) is 4.76. The molecule has 110 valence electrons. The summed E-state index contributed by atoms with van der Waals surface area (Å²) in [6.07, 6.45) is -2.80. The maximum atomic E-state index is 12.3. The lowest BCUT2D eigenvalue weighted by Crippen LogP contribution is -2.20.